The normalized spacial score (nSPS) is 11.6. The predicted molar refractivity (Wildman–Crippen MR) is 102 cm³/mol. The van der Waals surface area contributed by atoms with Gasteiger partial charge in [0.2, 0.25) is 0 Å². The van der Waals surface area contributed by atoms with E-state index in [1.807, 2.05) is 38.1 Å². The number of aromatic hydroxyl groups is 1. The highest BCUT2D eigenvalue weighted by Gasteiger charge is 2.07. The van der Waals surface area contributed by atoms with Gasteiger partial charge in [0.1, 0.15) is 17.3 Å². The highest BCUT2D eigenvalue weighted by atomic mass is 35.5. The molecule has 0 aliphatic heterocycles. The maximum absolute atomic E-state index is 10.1. The first-order chi connectivity index (χ1) is 12.0. The smallest absolute Gasteiger partial charge is 0.147 e. The monoisotopic (exact) mass is 355 g/mol. The molecule has 0 radical (unpaired) electrons. The molecule has 5 nitrogen and oxygen atoms in total. The number of benzene rings is 2. The number of pyridine rings is 1. The SMILES string of the molecule is COc1ccc(C(C)=NNc2cc(C)c3cc(Cl)ccc3n2)c(O)c1. The van der Waals surface area contributed by atoms with Gasteiger partial charge in [0, 0.05) is 22.0 Å². The van der Waals surface area contributed by atoms with E-state index in [1.165, 1.54) is 0 Å². The second-order valence-electron chi connectivity index (χ2n) is 5.68. The molecule has 0 atom stereocenters. The van der Waals surface area contributed by atoms with Crippen molar-refractivity contribution >= 4 is 34.0 Å². The Bertz CT molecular complexity index is 970. The van der Waals surface area contributed by atoms with Crippen LogP contribution in [0.1, 0.15) is 18.1 Å². The molecule has 1 heterocycles. The highest BCUT2D eigenvalue weighted by molar-refractivity contribution is 6.31. The molecule has 6 heteroatoms. The average molecular weight is 356 g/mol. The summed E-state index contributed by atoms with van der Waals surface area (Å²) in [6, 6.07) is 12.6. The van der Waals surface area contributed by atoms with Crippen LogP contribution in [0.25, 0.3) is 10.9 Å². The zero-order valence-corrected chi connectivity index (χ0v) is 14.9. The number of hydrazone groups is 1. The second kappa shape index (κ2) is 6.99. The summed E-state index contributed by atoms with van der Waals surface area (Å²) in [6.07, 6.45) is 0. The van der Waals surface area contributed by atoms with Gasteiger partial charge in [-0.05, 0) is 55.8 Å². The number of ether oxygens (including phenoxy) is 1. The number of phenolic OH excluding ortho intramolecular Hbond substituents is 1. The topological polar surface area (TPSA) is 66.7 Å². The largest absolute Gasteiger partial charge is 0.507 e. The summed E-state index contributed by atoms with van der Waals surface area (Å²) in [7, 11) is 1.55. The molecule has 0 unspecified atom stereocenters. The first-order valence-electron chi connectivity index (χ1n) is 7.72. The molecule has 3 aromatic rings. The fraction of sp³-hybridized carbons (Fsp3) is 0.158. The van der Waals surface area contributed by atoms with Crippen molar-refractivity contribution in [1.29, 1.82) is 0 Å². The Hall–Kier alpha value is -2.79. The number of fused-ring (bicyclic) bond motifs is 1. The van der Waals surface area contributed by atoms with Gasteiger partial charge in [-0.2, -0.15) is 5.10 Å². The average Bonchev–Trinajstić information content (AvgIpc) is 2.60. The van der Waals surface area contributed by atoms with Gasteiger partial charge in [0.25, 0.3) is 0 Å². The van der Waals surface area contributed by atoms with Crippen LogP contribution in [-0.2, 0) is 0 Å². The van der Waals surface area contributed by atoms with Crippen LogP contribution in [0.3, 0.4) is 0 Å². The van der Waals surface area contributed by atoms with Crippen molar-refractivity contribution in [3.63, 3.8) is 0 Å². The maximum Gasteiger partial charge on any atom is 0.147 e. The number of aryl methyl sites for hydroxylation is 1. The molecule has 2 N–H and O–H groups in total. The van der Waals surface area contributed by atoms with Gasteiger partial charge in [-0.25, -0.2) is 4.98 Å². The van der Waals surface area contributed by atoms with Crippen molar-refractivity contribution in [3.8, 4) is 11.5 Å². The Balaban J connectivity index is 1.88. The van der Waals surface area contributed by atoms with Crippen molar-refractivity contribution in [2.75, 3.05) is 12.5 Å². The number of phenols is 1. The standard InChI is InChI=1S/C19H18ClN3O2/c1-11-8-19(21-17-7-4-13(20)9-16(11)17)23-22-12(2)15-6-5-14(25-3)10-18(15)24/h4-10,24H,1-3H3,(H,21,23). The highest BCUT2D eigenvalue weighted by Crippen LogP contribution is 2.25. The van der Waals surface area contributed by atoms with E-state index in [0.717, 1.165) is 16.5 Å². The lowest BCUT2D eigenvalue weighted by molar-refractivity contribution is 0.407. The Morgan fingerprint density at radius 3 is 2.72 bits per heavy atom. The summed E-state index contributed by atoms with van der Waals surface area (Å²) in [5, 5.41) is 16.1. The lowest BCUT2D eigenvalue weighted by Crippen LogP contribution is -2.02. The lowest BCUT2D eigenvalue weighted by Gasteiger charge is -2.09. The molecule has 0 saturated carbocycles. The number of halogens is 1. The number of hydrogen-bond acceptors (Lipinski definition) is 5. The van der Waals surface area contributed by atoms with E-state index >= 15 is 0 Å². The lowest BCUT2D eigenvalue weighted by atomic mass is 10.1. The van der Waals surface area contributed by atoms with Crippen LogP contribution >= 0.6 is 11.6 Å². The van der Waals surface area contributed by atoms with E-state index in [9.17, 15) is 5.11 Å². The summed E-state index contributed by atoms with van der Waals surface area (Å²) < 4.78 is 5.09. The molecule has 0 saturated heterocycles. The Kier molecular flexibility index (Phi) is 4.76. The first-order valence-corrected chi connectivity index (χ1v) is 8.10. The molecule has 128 valence electrons. The number of nitrogens with zero attached hydrogens (tertiary/aromatic N) is 2. The van der Waals surface area contributed by atoms with Gasteiger partial charge in [-0.3, -0.25) is 5.43 Å². The third-order valence-corrected chi connectivity index (χ3v) is 4.15. The third-order valence-electron chi connectivity index (χ3n) is 3.91. The van der Waals surface area contributed by atoms with Gasteiger partial charge in [-0.15, -0.1) is 0 Å². The molecule has 2 aromatic carbocycles. The van der Waals surface area contributed by atoms with Crippen LogP contribution in [0.15, 0.2) is 47.6 Å². The zero-order valence-electron chi connectivity index (χ0n) is 14.2. The van der Waals surface area contributed by atoms with Crippen molar-refractivity contribution in [1.82, 2.24) is 4.98 Å². The van der Waals surface area contributed by atoms with Crippen molar-refractivity contribution in [3.05, 3.63) is 58.6 Å². The van der Waals surface area contributed by atoms with Crippen LogP contribution in [0.2, 0.25) is 5.02 Å². The molecule has 0 amide bonds. The molecule has 3 rings (SSSR count). The molecular weight excluding hydrogens is 338 g/mol. The molecule has 25 heavy (non-hydrogen) atoms. The quantitative estimate of drug-likeness (QED) is 0.523. The minimum Gasteiger partial charge on any atom is -0.507 e. The van der Waals surface area contributed by atoms with Crippen LogP contribution in [0.4, 0.5) is 5.82 Å². The second-order valence-corrected chi connectivity index (χ2v) is 6.11. The number of aromatic nitrogens is 1. The summed E-state index contributed by atoms with van der Waals surface area (Å²) >= 11 is 6.04. The Labute approximate surface area is 150 Å². The number of anilines is 1. The maximum atomic E-state index is 10.1. The van der Waals surface area contributed by atoms with Gasteiger partial charge in [0.15, 0.2) is 0 Å². The number of methoxy groups -OCH3 is 1. The van der Waals surface area contributed by atoms with Gasteiger partial charge >= 0.3 is 0 Å². The number of nitrogens with one attached hydrogen (secondary N) is 1. The molecule has 0 aliphatic carbocycles. The molecule has 0 aliphatic rings. The molecular formula is C19H18ClN3O2. The number of rotatable bonds is 4. The van der Waals surface area contributed by atoms with Crippen LogP contribution in [0, 0.1) is 6.92 Å². The third kappa shape index (κ3) is 3.67. The van der Waals surface area contributed by atoms with Crippen molar-refractivity contribution in [2.45, 2.75) is 13.8 Å². The van der Waals surface area contributed by atoms with Crippen molar-refractivity contribution < 1.29 is 9.84 Å². The molecule has 1 aromatic heterocycles. The predicted octanol–water partition coefficient (Wildman–Crippen LogP) is 4.75. The summed E-state index contributed by atoms with van der Waals surface area (Å²) in [6.45, 7) is 3.81. The van der Waals surface area contributed by atoms with Crippen molar-refractivity contribution in [2.24, 2.45) is 5.10 Å². The van der Waals surface area contributed by atoms with Crippen LogP contribution in [0.5, 0.6) is 11.5 Å². The van der Waals surface area contributed by atoms with Crippen LogP contribution < -0.4 is 10.2 Å². The summed E-state index contributed by atoms with van der Waals surface area (Å²) in [5.41, 5.74) is 6.10. The van der Waals surface area contributed by atoms with E-state index in [4.69, 9.17) is 16.3 Å². The zero-order chi connectivity index (χ0) is 18.0. The fourth-order valence-corrected chi connectivity index (χ4v) is 2.74. The number of hydrogen-bond donors (Lipinski definition) is 2. The van der Waals surface area contributed by atoms with E-state index in [-0.39, 0.29) is 5.75 Å². The molecule has 0 bridgehead atoms. The van der Waals surface area contributed by atoms with E-state index in [2.05, 4.69) is 15.5 Å². The Morgan fingerprint density at radius 1 is 1.20 bits per heavy atom. The minimum absolute atomic E-state index is 0.111. The van der Waals surface area contributed by atoms with Gasteiger partial charge < -0.3 is 9.84 Å². The van der Waals surface area contributed by atoms with E-state index < -0.39 is 0 Å². The summed E-state index contributed by atoms with van der Waals surface area (Å²) in [4.78, 5) is 4.53. The summed E-state index contributed by atoms with van der Waals surface area (Å²) in [5.74, 6) is 1.33. The molecule has 0 spiro atoms. The fourth-order valence-electron chi connectivity index (χ4n) is 2.57. The van der Waals surface area contributed by atoms with Gasteiger partial charge in [0.05, 0.1) is 18.3 Å². The van der Waals surface area contributed by atoms with E-state index in [0.29, 0.717) is 27.9 Å². The Morgan fingerprint density at radius 2 is 2.00 bits per heavy atom. The van der Waals surface area contributed by atoms with Gasteiger partial charge in [-0.1, -0.05) is 11.6 Å². The molecule has 0 fully saturated rings. The van der Waals surface area contributed by atoms with Crippen LogP contribution in [-0.4, -0.2) is 22.9 Å². The minimum atomic E-state index is 0.111. The first kappa shape index (κ1) is 17.0. The van der Waals surface area contributed by atoms with E-state index in [1.54, 1.807) is 25.3 Å².